The molecular weight excluding hydrogens is 1430 g/mol. The average Bonchev–Trinajstić information content (AvgIpc) is 3.27. The average molecular weight is 1440 g/mol. The van der Waals surface area contributed by atoms with Crippen LogP contribution in [0.1, 0.15) is 0 Å². The predicted octanol–water partition coefficient (Wildman–Crippen LogP) is -6.96. The van der Waals surface area contributed by atoms with Crippen molar-refractivity contribution in [2.75, 3.05) is 0 Å². The van der Waals surface area contributed by atoms with Gasteiger partial charge in [-0.3, -0.25) is 0 Å². The van der Waals surface area contributed by atoms with E-state index in [0.717, 1.165) is 38.5 Å². The third-order valence-corrected chi connectivity index (χ3v) is 6.86. The van der Waals surface area contributed by atoms with Crippen molar-refractivity contribution in [1.29, 1.82) is 0 Å². The van der Waals surface area contributed by atoms with Crippen LogP contribution in [0.4, 0.5) is 16.9 Å². The van der Waals surface area contributed by atoms with E-state index in [9.17, 15) is 23.3 Å². The fourth-order valence-electron chi connectivity index (χ4n) is 3.11. The van der Waals surface area contributed by atoms with Crippen LogP contribution in [0, 0.1) is 0 Å². The number of halogens is 6. The fraction of sp³-hybridized carbons (Fsp3) is 0. The van der Waals surface area contributed by atoms with Gasteiger partial charge < -0.3 is 0 Å². The Morgan fingerprint density at radius 3 is 0.868 bits per heavy atom. The summed E-state index contributed by atoms with van der Waals surface area (Å²) in [6.07, 6.45) is 0. The minimum atomic E-state index is -6.42. The van der Waals surface area contributed by atoms with Crippen LogP contribution in [0.5, 0.6) is 5.06 Å². The van der Waals surface area contributed by atoms with Gasteiger partial charge in [-0.15, -0.1) is 0 Å². The maximum atomic E-state index is 13.6. The summed E-state index contributed by atoms with van der Waals surface area (Å²) in [5.74, 6) is 0. The van der Waals surface area contributed by atoms with E-state index in [1.165, 1.54) is 0 Å². The predicted molar refractivity (Wildman–Crippen MR) is 147 cm³/mol. The first kappa shape index (κ1) is 55.1. The van der Waals surface area contributed by atoms with Gasteiger partial charge in [0.25, 0.3) is 0 Å². The summed E-state index contributed by atoms with van der Waals surface area (Å²) in [6, 6.07) is 28.5. The van der Waals surface area contributed by atoms with E-state index >= 15 is 0 Å². The van der Waals surface area contributed by atoms with Crippen LogP contribution < -0.4 is 40.3 Å². The van der Waals surface area contributed by atoms with Gasteiger partial charge in [0.15, 0.2) is 0 Å². The van der Waals surface area contributed by atoms with Crippen LogP contribution in [0.3, 0.4) is 0 Å². The number of hydrogen-bond donors (Lipinski definition) is 0. The molecule has 0 saturated heterocycles. The summed E-state index contributed by atoms with van der Waals surface area (Å²) in [5, 5.41) is 0.0578. The van der Waals surface area contributed by atoms with Crippen LogP contribution in [0.15, 0.2) is 91.0 Å². The molecule has 0 spiro atoms. The molecule has 0 amide bonds. The van der Waals surface area contributed by atoms with Gasteiger partial charge in [-0.25, -0.2) is 0 Å². The molecule has 4 aromatic rings. The molecule has 1 atom stereocenters. The van der Waals surface area contributed by atoms with Crippen molar-refractivity contribution >= 4 is 133 Å². The third kappa shape index (κ3) is 40.0. The van der Waals surface area contributed by atoms with Crippen molar-refractivity contribution < 1.29 is 75.2 Å². The van der Waals surface area contributed by atoms with Gasteiger partial charge in [-0.2, -0.15) is 0 Å². The van der Waals surface area contributed by atoms with Crippen molar-refractivity contribution in [3.63, 3.8) is 0 Å². The van der Waals surface area contributed by atoms with E-state index in [4.69, 9.17) is 52.0 Å². The molecule has 0 fully saturated rings. The summed E-state index contributed by atoms with van der Waals surface area (Å²) in [7, 11) is 0. The molecule has 0 aliphatic carbocycles. The standard InChI is InChI=1S/C22H16OS.6FH.17O.6Sb/c23-22-20(17-12-6-2-7-13-17)19(16-10-4-1-5-11-16)21(24-22)18-14-8-3-9-15-18;;;;;;;;;;;;;;;;;;;;;;;;;;;;;/h1-15,23H;6*1H;;;;;;;;;;;;;;;;;;;;;;;/q;;;;;;;;;;;;;11*-1;5*+1;+2/p-7. The fourth-order valence-corrected chi connectivity index (χ4v) is 5.98. The molecule has 0 aliphatic rings. The Labute approximate surface area is 332 Å². The second-order valence-electron chi connectivity index (χ2n) is 8.24. The second-order valence-corrected chi connectivity index (χ2v) is 24.5. The molecule has 0 radical (unpaired) electrons. The summed E-state index contributed by atoms with van der Waals surface area (Å²) in [6.45, 7) is 0. The van der Waals surface area contributed by atoms with Crippen LogP contribution in [-0.4, -0.2) is 121 Å². The number of hydrogen-bond acceptors (Lipinski definition) is 19. The van der Waals surface area contributed by atoms with Crippen molar-refractivity contribution in [2.24, 2.45) is 0 Å². The maximum absolute atomic E-state index is 13.6. The zero-order chi connectivity index (χ0) is 42.1. The summed E-state index contributed by atoms with van der Waals surface area (Å²) in [5.41, 5.74) is 3.99. The van der Waals surface area contributed by atoms with Crippen LogP contribution in [0.25, 0.3) is 32.7 Å². The quantitative estimate of drug-likeness (QED) is 0.132. The first-order chi connectivity index (χ1) is 23.5. The van der Waals surface area contributed by atoms with Gasteiger partial charge in [0.1, 0.15) is 0 Å². The van der Waals surface area contributed by atoms with E-state index in [1.807, 2.05) is 91.0 Å². The molecule has 0 saturated carbocycles. The van der Waals surface area contributed by atoms with E-state index in [-0.39, 0.29) is 5.06 Å². The first-order valence-corrected chi connectivity index (χ1v) is 37.5. The van der Waals surface area contributed by atoms with Crippen LogP contribution in [0.2, 0.25) is 0 Å². The van der Waals surface area contributed by atoms with Gasteiger partial charge in [0, 0.05) is 0 Å². The zero-order valence-electron chi connectivity index (χ0n) is 24.9. The molecule has 0 N–H and O–H groups in total. The molecule has 0 aliphatic heterocycles. The molecule has 3 aromatic carbocycles. The molecule has 1 aromatic heterocycles. The van der Waals surface area contributed by atoms with Gasteiger partial charge in [-0.05, 0) is 0 Å². The normalized spacial score (nSPS) is 12.5. The van der Waals surface area contributed by atoms with Gasteiger partial charge >= 0.3 is 337 Å². The number of thiophene rings is 1. The summed E-state index contributed by atoms with van der Waals surface area (Å²) >= 11 is -37.0. The molecule has 4 rings (SSSR count). The topological polar surface area (TPSA) is 365 Å². The molecule has 0 bridgehead atoms. The van der Waals surface area contributed by atoms with E-state index < -0.39 is 121 Å². The molecule has 53 heavy (non-hydrogen) atoms. The molecule has 18 nitrogen and oxygen atoms in total. The van der Waals surface area contributed by atoms with Crippen LogP contribution in [-0.2, 0) is 18.1 Å². The van der Waals surface area contributed by atoms with E-state index in [1.54, 1.807) is 0 Å². The molecule has 1 heterocycles. The van der Waals surface area contributed by atoms with E-state index in [2.05, 4.69) is 0 Å². The zero-order valence-corrected chi connectivity index (χ0v) is 41.0. The van der Waals surface area contributed by atoms with Gasteiger partial charge in [-0.1, -0.05) is 0 Å². The SMILES string of the molecule is [O]=[Sb]([O-])([F])[O]c1sc(-c2ccccc2)c(-c2ccccc2)c1-c1ccccc1.[O]=[Sb]([O-])([O-])[F].[O]=[Sb]([O-])([O-])[F].[O]=[Sb]([O-])([O-])[F].[O]=[Sb]([O-])([O-])[F].[O]=[Sb]([O-])([O-])[F]. The Morgan fingerprint density at radius 2 is 0.623 bits per heavy atom. The Balaban J connectivity index is 0. The Kier molecular flexibility index (Phi) is 25.7. The summed E-state index contributed by atoms with van der Waals surface area (Å²) in [4.78, 5) is 0.828. The third-order valence-electron chi connectivity index (χ3n) is 4.23. The Bertz CT molecular complexity index is 1800. The Morgan fingerprint density at radius 1 is 0.396 bits per heavy atom. The van der Waals surface area contributed by atoms with Crippen molar-refractivity contribution in [3.05, 3.63) is 91.0 Å². The molecule has 1 unspecified atom stereocenters. The number of benzene rings is 3. The molecule has 300 valence electrons. The summed E-state index contributed by atoms with van der Waals surface area (Å²) < 4.78 is 220. The van der Waals surface area contributed by atoms with Crippen molar-refractivity contribution in [2.45, 2.75) is 0 Å². The second kappa shape index (κ2) is 24.7. The molecule has 31 heteroatoms. The monoisotopic (exact) mass is 1440 g/mol. The van der Waals surface area contributed by atoms with Crippen molar-refractivity contribution in [1.82, 2.24) is 0 Å². The van der Waals surface area contributed by atoms with Crippen LogP contribution >= 0.6 is 11.3 Å². The Hall–Kier alpha value is 0.00909. The van der Waals surface area contributed by atoms with Gasteiger partial charge in [0.2, 0.25) is 0 Å². The van der Waals surface area contributed by atoms with Gasteiger partial charge in [0.05, 0.1) is 0 Å². The van der Waals surface area contributed by atoms with E-state index in [0.29, 0.717) is 5.56 Å². The number of rotatable bonds is 5. The van der Waals surface area contributed by atoms with Crippen molar-refractivity contribution in [3.8, 4) is 37.8 Å². The minimum absolute atomic E-state index is 0.0578. The first-order valence-electron chi connectivity index (χ1n) is 12.1. The molecular formula is C22H15F6O18SSb6-11.